The molecule has 0 bridgehead atoms. The summed E-state index contributed by atoms with van der Waals surface area (Å²) in [6, 6.07) is 15.1. The molecule has 1 N–H and O–H groups in total. The van der Waals surface area contributed by atoms with Gasteiger partial charge in [0.15, 0.2) is 0 Å². The number of aromatic nitrogens is 2. The molecule has 2 aromatic carbocycles. The molecule has 4 rings (SSSR count). The van der Waals surface area contributed by atoms with Gasteiger partial charge in [-0.25, -0.2) is 4.39 Å². The van der Waals surface area contributed by atoms with Crippen LogP contribution in [0.3, 0.4) is 0 Å². The van der Waals surface area contributed by atoms with Crippen LogP contribution in [0.5, 0.6) is 0 Å². The van der Waals surface area contributed by atoms with E-state index in [4.69, 9.17) is 4.52 Å². The molecule has 32 heavy (non-hydrogen) atoms. The molecule has 0 saturated heterocycles. The maximum absolute atomic E-state index is 13.5. The predicted octanol–water partition coefficient (Wildman–Crippen LogP) is 3.19. The quantitative estimate of drug-likeness (QED) is 0.641. The molecule has 0 aliphatic heterocycles. The fourth-order valence-corrected chi connectivity index (χ4v) is 4.22. The van der Waals surface area contributed by atoms with E-state index in [0.717, 1.165) is 5.56 Å². The largest absolute Gasteiger partial charge is 0.352 e. The van der Waals surface area contributed by atoms with Gasteiger partial charge in [0.1, 0.15) is 5.82 Å². The van der Waals surface area contributed by atoms with Gasteiger partial charge in [-0.1, -0.05) is 47.6 Å². The van der Waals surface area contributed by atoms with E-state index in [1.807, 2.05) is 30.3 Å². The standard InChI is InChI=1S/C24H25FN4O3/c1-29(2)24(31)17-13-19(23-27-22(28-32-23)16-8-4-3-5-9-16)20(14-17)26-21(30)12-15-7-6-10-18(25)11-15/h3-11,17,19-20H,12-14H2,1-2H3,(H,26,30)/t17-,19-,20+/m1/s1. The second-order valence-corrected chi connectivity index (χ2v) is 8.31. The van der Waals surface area contributed by atoms with Crippen LogP contribution in [-0.2, 0) is 16.0 Å². The van der Waals surface area contributed by atoms with E-state index < -0.39 is 0 Å². The fourth-order valence-electron chi connectivity index (χ4n) is 4.22. The monoisotopic (exact) mass is 436 g/mol. The van der Waals surface area contributed by atoms with Gasteiger partial charge in [-0.05, 0) is 30.5 Å². The Hall–Kier alpha value is -3.55. The predicted molar refractivity (Wildman–Crippen MR) is 116 cm³/mol. The Morgan fingerprint density at radius 3 is 2.62 bits per heavy atom. The lowest BCUT2D eigenvalue weighted by Crippen LogP contribution is -2.38. The third kappa shape index (κ3) is 4.85. The lowest BCUT2D eigenvalue weighted by atomic mass is 10.0. The Balaban J connectivity index is 1.53. The van der Waals surface area contributed by atoms with Crippen LogP contribution < -0.4 is 5.32 Å². The van der Waals surface area contributed by atoms with Crippen LogP contribution in [0.25, 0.3) is 11.4 Å². The van der Waals surface area contributed by atoms with Crippen LogP contribution >= 0.6 is 0 Å². The molecule has 1 aliphatic rings. The van der Waals surface area contributed by atoms with Crippen LogP contribution in [0.15, 0.2) is 59.1 Å². The molecule has 7 nitrogen and oxygen atoms in total. The van der Waals surface area contributed by atoms with Gasteiger partial charge < -0.3 is 14.7 Å². The molecular weight excluding hydrogens is 411 g/mol. The van der Waals surface area contributed by atoms with Gasteiger partial charge in [0.25, 0.3) is 0 Å². The summed E-state index contributed by atoms with van der Waals surface area (Å²) in [7, 11) is 3.43. The highest BCUT2D eigenvalue weighted by molar-refractivity contribution is 5.81. The summed E-state index contributed by atoms with van der Waals surface area (Å²) in [6.45, 7) is 0. The second kappa shape index (κ2) is 9.30. The first-order valence-electron chi connectivity index (χ1n) is 10.5. The third-order valence-corrected chi connectivity index (χ3v) is 5.74. The number of carbonyl (C=O) groups excluding carboxylic acids is 2. The van der Waals surface area contributed by atoms with Gasteiger partial charge in [-0.2, -0.15) is 4.98 Å². The van der Waals surface area contributed by atoms with Crippen molar-refractivity contribution >= 4 is 11.8 Å². The Morgan fingerprint density at radius 2 is 1.91 bits per heavy atom. The number of hydrogen-bond donors (Lipinski definition) is 1. The van der Waals surface area contributed by atoms with Crippen LogP contribution in [0.4, 0.5) is 4.39 Å². The van der Waals surface area contributed by atoms with Crippen LogP contribution in [0.2, 0.25) is 0 Å². The molecule has 1 saturated carbocycles. The summed E-state index contributed by atoms with van der Waals surface area (Å²) in [5.74, 6) is -0.315. The zero-order chi connectivity index (χ0) is 22.7. The average Bonchev–Trinajstić information content (AvgIpc) is 3.41. The van der Waals surface area contributed by atoms with Crippen molar-refractivity contribution in [2.75, 3.05) is 14.1 Å². The molecule has 0 spiro atoms. The molecule has 1 heterocycles. The van der Waals surface area contributed by atoms with Gasteiger partial charge in [-0.3, -0.25) is 9.59 Å². The first-order chi connectivity index (χ1) is 15.4. The minimum atomic E-state index is -0.384. The number of amides is 2. The van der Waals surface area contributed by atoms with E-state index in [9.17, 15) is 14.0 Å². The topological polar surface area (TPSA) is 88.3 Å². The molecule has 2 amide bonds. The zero-order valence-electron chi connectivity index (χ0n) is 18.0. The molecule has 166 valence electrons. The Morgan fingerprint density at radius 1 is 1.12 bits per heavy atom. The van der Waals surface area contributed by atoms with Crippen molar-refractivity contribution < 1.29 is 18.5 Å². The minimum absolute atomic E-state index is 0.000299. The molecule has 1 fully saturated rings. The number of hydrogen-bond acceptors (Lipinski definition) is 5. The van der Waals surface area contributed by atoms with Crippen LogP contribution in [-0.4, -0.2) is 47.0 Å². The number of nitrogens with one attached hydrogen (secondary N) is 1. The highest BCUT2D eigenvalue weighted by atomic mass is 19.1. The van der Waals surface area contributed by atoms with Gasteiger partial charge in [0.05, 0.1) is 12.3 Å². The molecule has 1 aromatic heterocycles. The van der Waals surface area contributed by atoms with Crippen molar-refractivity contribution in [3.05, 3.63) is 71.9 Å². The van der Waals surface area contributed by atoms with Gasteiger partial charge in [0.2, 0.25) is 23.5 Å². The van der Waals surface area contributed by atoms with Crippen molar-refractivity contribution in [2.24, 2.45) is 5.92 Å². The second-order valence-electron chi connectivity index (χ2n) is 8.31. The van der Waals surface area contributed by atoms with Crippen LogP contribution in [0.1, 0.15) is 30.2 Å². The first-order valence-corrected chi connectivity index (χ1v) is 10.5. The van der Waals surface area contributed by atoms with Gasteiger partial charge in [-0.15, -0.1) is 0 Å². The van der Waals surface area contributed by atoms with Crippen molar-refractivity contribution in [2.45, 2.75) is 31.2 Å². The zero-order valence-corrected chi connectivity index (χ0v) is 18.0. The normalized spacial score (nSPS) is 20.2. The maximum Gasteiger partial charge on any atom is 0.232 e. The lowest BCUT2D eigenvalue weighted by Gasteiger charge is -2.18. The molecule has 8 heteroatoms. The minimum Gasteiger partial charge on any atom is -0.352 e. The van der Waals surface area contributed by atoms with E-state index in [-0.39, 0.29) is 41.9 Å². The highest BCUT2D eigenvalue weighted by Crippen LogP contribution is 2.39. The summed E-state index contributed by atoms with van der Waals surface area (Å²) in [4.78, 5) is 31.4. The molecule has 1 aliphatic carbocycles. The van der Waals surface area contributed by atoms with Crippen molar-refractivity contribution in [3.63, 3.8) is 0 Å². The highest BCUT2D eigenvalue weighted by Gasteiger charge is 2.42. The Kier molecular flexibility index (Phi) is 6.30. The van der Waals surface area contributed by atoms with E-state index in [2.05, 4.69) is 15.5 Å². The van der Waals surface area contributed by atoms with E-state index >= 15 is 0 Å². The summed E-state index contributed by atoms with van der Waals surface area (Å²) >= 11 is 0. The van der Waals surface area contributed by atoms with Crippen LogP contribution in [0, 0.1) is 11.7 Å². The van der Waals surface area contributed by atoms with Gasteiger partial charge >= 0.3 is 0 Å². The summed E-state index contributed by atoms with van der Waals surface area (Å²) in [5.41, 5.74) is 1.41. The van der Waals surface area contributed by atoms with E-state index in [1.165, 1.54) is 12.1 Å². The lowest BCUT2D eigenvalue weighted by molar-refractivity contribution is -0.133. The molecule has 0 unspecified atom stereocenters. The average molecular weight is 436 g/mol. The molecule has 3 aromatic rings. The number of halogens is 1. The number of rotatable bonds is 6. The van der Waals surface area contributed by atoms with Crippen molar-refractivity contribution in [1.82, 2.24) is 20.4 Å². The smallest absolute Gasteiger partial charge is 0.232 e. The SMILES string of the molecule is CN(C)C(=O)[C@H]1C[C@H](NC(=O)Cc2cccc(F)c2)[C@H](c2nc(-c3ccccc3)no2)C1. The van der Waals surface area contributed by atoms with Crippen molar-refractivity contribution in [1.29, 1.82) is 0 Å². The van der Waals surface area contributed by atoms with E-state index in [0.29, 0.717) is 30.1 Å². The maximum atomic E-state index is 13.5. The number of carbonyl (C=O) groups is 2. The third-order valence-electron chi connectivity index (χ3n) is 5.74. The Bertz CT molecular complexity index is 1100. The summed E-state index contributed by atoms with van der Waals surface area (Å²) < 4.78 is 19.0. The molecular formula is C24H25FN4O3. The summed E-state index contributed by atoms with van der Waals surface area (Å²) in [6.07, 6.45) is 1.02. The van der Waals surface area contributed by atoms with Gasteiger partial charge in [0, 0.05) is 31.6 Å². The summed E-state index contributed by atoms with van der Waals surface area (Å²) in [5, 5.41) is 7.10. The first kappa shape index (κ1) is 21.7. The number of nitrogens with zero attached hydrogens (tertiary/aromatic N) is 3. The molecule has 0 radical (unpaired) electrons. The number of benzene rings is 2. The fraction of sp³-hybridized carbons (Fsp3) is 0.333. The van der Waals surface area contributed by atoms with E-state index in [1.54, 1.807) is 31.1 Å². The molecule has 3 atom stereocenters. The van der Waals surface area contributed by atoms with Crippen molar-refractivity contribution in [3.8, 4) is 11.4 Å². The Labute approximate surface area is 185 Å².